The molecule has 0 aliphatic carbocycles. The van der Waals surface area contributed by atoms with E-state index < -0.39 is 5.25 Å². The number of para-hydroxylation sites is 1. The number of carbonyl (C=O) groups is 1. The third-order valence-electron chi connectivity index (χ3n) is 5.23. The fraction of sp³-hybridized carbons (Fsp3) is 0.160. The van der Waals surface area contributed by atoms with Crippen LogP contribution in [0.5, 0.6) is 5.75 Å². The fourth-order valence-electron chi connectivity index (χ4n) is 3.36. The molecule has 3 aromatic carbocycles. The Balaban J connectivity index is 1.74. The zero-order valence-electron chi connectivity index (χ0n) is 18.3. The number of nitrogens with one attached hydrogen (secondary N) is 1. The van der Waals surface area contributed by atoms with Crippen molar-refractivity contribution in [2.24, 2.45) is 0 Å². The molecule has 1 N–H and O–H groups in total. The van der Waals surface area contributed by atoms with Gasteiger partial charge in [0.25, 0.3) is 5.56 Å². The molecule has 1 aromatic heterocycles. The maximum absolute atomic E-state index is 13.4. The van der Waals surface area contributed by atoms with Gasteiger partial charge in [-0.25, -0.2) is 4.98 Å². The molecule has 0 saturated heterocycles. The van der Waals surface area contributed by atoms with Crippen LogP contribution in [0.3, 0.4) is 0 Å². The highest BCUT2D eigenvalue weighted by atomic mass is 35.5. The largest absolute Gasteiger partial charge is 0.497 e. The number of anilines is 1. The van der Waals surface area contributed by atoms with E-state index in [9.17, 15) is 9.59 Å². The van der Waals surface area contributed by atoms with Crippen molar-refractivity contribution in [3.63, 3.8) is 0 Å². The normalized spacial score (nSPS) is 11.9. The summed E-state index contributed by atoms with van der Waals surface area (Å²) in [4.78, 5) is 31.1. The molecule has 0 spiro atoms. The van der Waals surface area contributed by atoms with E-state index in [0.29, 0.717) is 38.2 Å². The molecule has 1 atom stereocenters. The van der Waals surface area contributed by atoms with Crippen LogP contribution in [0.4, 0.5) is 5.69 Å². The summed E-state index contributed by atoms with van der Waals surface area (Å²) in [5.74, 6) is 0.399. The number of thioether (sulfide) groups is 1. The number of halogens is 1. The number of methoxy groups -OCH3 is 1. The minimum absolute atomic E-state index is 0.213. The minimum Gasteiger partial charge on any atom is -0.497 e. The Bertz CT molecular complexity index is 1400. The summed E-state index contributed by atoms with van der Waals surface area (Å²) >= 11 is 7.39. The molecule has 4 aromatic rings. The number of benzene rings is 3. The van der Waals surface area contributed by atoms with Crippen LogP contribution < -0.4 is 15.6 Å². The first-order chi connectivity index (χ1) is 15.9. The molecule has 8 heteroatoms. The van der Waals surface area contributed by atoms with Crippen LogP contribution in [0.15, 0.2) is 76.7 Å². The molecule has 168 valence electrons. The number of fused-ring (bicyclic) bond motifs is 1. The van der Waals surface area contributed by atoms with Crippen molar-refractivity contribution in [3.8, 4) is 11.4 Å². The molecule has 0 aliphatic heterocycles. The van der Waals surface area contributed by atoms with Crippen molar-refractivity contribution >= 4 is 45.9 Å². The van der Waals surface area contributed by atoms with E-state index in [0.717, 1.165) is 5.56 Å². The van der Waals surface area contributed by atoms with E-state index >= 15 is 0 Å². The van der Waals surface area contributed by atoms with Crippen LogP contribution >= 0.6 is 23.4 Å². The first-order valence-corrected chi connectivity index (χ1v) is 11.5. The van der Waals surface area contributed by atoms with Crippen molar-refractivity contribution in [2.45, 2.75) is 24.3 Å². The maximum atomic E-state index is 13.4. The Morgan fingerprint density at radius 1 is 1.12 bits per heavy atom. The third-order valence-corrected chi connectivity index (χ3v) is 6.70. The van der Waals surface area contributed by atoms with Crippen molar-refractivity contribution in [3.05, 3.63) is 87.7 Å². The molecular formula is C25H22ClN3O3S. The van der Waals surface area contributed by atoms with Gasteiger partial charge >= 0.3 is 0 Å². The molecule has 0 bridgehead atoms. The van der Waals surface area contributed by atoms with Crippen molar-refractivity contribution in [1.29, 1.82) is 0 Å². The number of ether oxygens (including phenoxy) is 1. The summed E-state index contributed by atoms with van der Waals surface area (Å²) in [5.41, 5.74) is 2.41. The Kier molecular flexibility index (Phi) is 6.72. The van der Waals surface area contributed by atoms with Gasteiger partial charge in [0.05, 0.1) is 29.0 Å². The van der Waals surface area contributed by atoms with Gasteiger partial charge in [-0.15, -0.1) is 0 Å². The fourth-order valence-corrected chi connectivity index (χ4v) is 4.46. The highest BCUT2D eigenvalue weighted by Gasteiger charge is 2.21. The van der Waals surface area contributed by atoms with E-state index in [1.807, 2.05) is 25.1 Å². The molecule has 0 saturated carbocycles. The smallest absolute Gasteiger partial charge is 0.266 e. The third kappa shape index (κ3) is 4.74. The van der Waals surface area contributed by atoms with Gasteiger partial charge in [-0.3, -0.25) is 14.2 Å². The van der Waals surface area contributed by atoms with Gasteiger partial charge < -0.3 is 10.1 Å². The molecule has 0 aliphatic rings. The second-order valence-electron chi connectivity index (χ2n) is 7.42. The van der Waals surface area contributed by atoms with Crippen LogP contribution in [0.2, 0.25) is 5.02 Å². The van der Waals surface area contributed by atoms with Gasteiger partial charge in [0.2, 0.25) is 5.91 Å². The van der Waals surface area contributed by atoms with Gasteiger partial charge in [0, 0.05) is 16.8 Å². The minimum atomic E-state index is -0.534. The number of hydrogen-bond acceptors (Lipinski definition) is 5. The summed E-state index contributed by atoms with van der Waals surface area (Å²) in [6.07, 6.45) is 0. The van der Waals surface area contributed by atoms with Crippen LogP contribution in [0.1, 0.15) is 12.5 Å². The molecule has 0 radical (unpaired) electrons. The lowest BCUT2D eigenvalue weighted by Crippen LogP contribution is -2.26. The SMILES string of the molecule is COc1cccc(-n2c(SC(C)C(=O)Nc3cccc(Cl)c3C)nc3ccccc3c2=O)c1. The summed E-state index contributed by atoms with van der Waals surface area (Å²) in [7, 11) is 1.57. The monoisotopic (exact) mass is 479 g/mol. The lowest BCUT2D eigenvalue weighted by atomic mass is 10.2. The van der Waals surface area contributed by atoms with Crippen LogP contribution in [-0.2, 0) is 4.79 Å². The average molecular weight is 480 g/mol. The van der Waals surface area contributed by atoms with Gasteiger partial charge in [-0.2, -0.15) is 0 Å². The van der Waals surface area contributed by atoms with Crippen molar-refractivity contribution in [1.82, 2.24) is 9.55 Å². The highest BCUT2D eigenvalue weighted by molar-refractivity contribution is 8.00. The zero-order chi connectivity index (χ0) is 23.5. The first-order valence-electron chi connectivity index (χ1n) is 10.3. The highest BCUT2D eigenvalue weighted by Crippen LogP contribution is 2.28. The summed E-state index contributed by atoms with van der Waals surface area (Å²) in [5, 5.41) is 3.88. The number of rotatable bonds is 6. The number of amides is 1. The van der Waals surface area contributed by atoms with Gasteiger partial charge in [-0.1, -0.05) is 47.6 Å². The number of aromatic nitrogens is 2. The second kappa shape index (κ2) is 9.68. The quantitative estimate of drug-likeness (QED) is 0.293. The number of carbonyl (C=O) groups excluding carboxylic acids is 1. The van der Waals surface area contributed by atoms with Gasteiger partial charge in [-0.05, 0) is 55.8 Å². The van der Waals surface area contributed by atoms with Gasteiger partial charge in [0.15, 0.2) is 5.16 Å². The first kappa shape index (κ1) is 22.9. The van der Waals surface area contributed by atoms with E-state index in [1.54, 1.807) is 62.6 Å². The lowest BCUT2D eigenvalue weighted by Gasteiger charge is -2.17. The van der Waals surface area contributed by atoms with Crippen LogP contribution in [-0.4, -0.2) is 27.8 Å². The Morgan fingerprint density at radius 2 is 1.88 bits per heavy atom. The zero-order valence-corrected chi connectivity index (χ0v) is 19.9. The van der Waals surface area contributed by atoms with E-state index in [4.69, 9.17) is 21.3 Å². The summed E-state index contributed by atoms with van der Waals surface area (Å²) < 4.78 is 6.85. The predicted octanol–water partition coefficient (Wildman–Crippen LogP) is 5.48. The topological polar surface area (TPSA) is 73.2 Å². The lowest BCUT2D eigenvalue weighted by molar-refractivity contribution is -0.115. The number of nitrogens with zero attached hydrogens (tertiary/aromatic N) is 2. The predicted molar refractivity (Wildman–Crippen MR) is 134 cm³/mol. The molecule has 6 nitrogen and oxygen atoms in total. The Morgan fingerprint density at radius 3 is 2.67 bits per heavy atom. The molecule has 1 heterocycles. The standard InChI is InChI=1S/C25H22ClN3O3S/c1-15-20(26)11-7-13-21(15)27-23(30)16(2)33-25-28-22-12-5-4-10-19(22)24(31)29(25)17-8-6-9-18(14-17)32-3/h4-14,16H,1-3H3,(H,27,30). The maximum Gasteiger partial charge on any atom is 0.266 e. The Hall–Kier alpha value is -3.29. The second-order valence-corrected chi connectivity index (χ2v) is 9.13. The molecular weight excluding hydrogens is 458 g/mol. The molecule has 0 fully saturated rings. The van der Waals surface area contributed by atoms with Crippen LogP contribution in [0, 0.1) is 6.92 Å². The molecule has 1 unspecified atom stereocenters. The Labute approximate surface area is 200 Å². The van der Waals surface area contributed by atoms with Crippen molar-refractivity contribution < 1.29 is 9.53 Å². The molecule has 1 amide bonds. The van der Waals surface area contributed by atoms with E-state index in [-0.39, 0.29) is 11.5 Å². The van der Waals surface area contributed by atoms with E-state index in [2.05, 4.69) is 5.32 Å². The summed E-state index contributed by atoms with van der Waals surface area (Å²) in [6, 6.07) is 19.7. The average Bonchev–Trinajstić information content (AvgIpc) is 2.82. The van der Waals surface area contributed by atoms with Crippen molar-refractivity contribution in [2.75, 3.05) is 12.4 Å². The summed E-state index contributed by atoms with van der Waals surface area (Å²) in [6.45, 7) is 3.62. The van der Waals surface area contributed by atoms with Gasteiger partial charge in [0.1, 0.15) is 5.75 Å². The van der Waals surface area contributed by atoms with Crippen LogP contribution in [0.25, 0.3) is 16.6 Å². The van der Waals surface area contributed by atoms with E-state index in [1.165, 1.54) is 16.3 Å². The number of hydrogen-bond donors (Lipinski definition) is 1. The molecule has 4 rings (SSSR count). The molecule has 33 heavy (non-hydrogen) atoms.